The van der Waals surface area contributed by atoms with E-state index in [4.69, 9.17) is 5.11 Å². The molecule has 0 aromatic carbocycles. The summed E-state index contributed by atoms with van der Waals surface area (Å²) >= 11 is 1.61. The van der Waals surface area contributed by atoms with Gasteiger partial charge in [0.1, 0.15) is 6.61 Å². The van der Waals surface area contributed by atoms with Crippen molar-refractivity contribution in [3.63, 3.8) is 0 Å². The third-order valence-corrected chi connectivity index (χ3v) is 3.03. The van der Waals surface area contributed by atoms with Gasteiger partial charge in [0.05, 0.1) is 10.7 Å². The van der Waals surface area contributed by atoms with E-state index in [2.05, 4.69) is 36.5 Å². The number of aromatic nitrogens is 1. The lowest BCUT2D eigenvalue weighted by molar-refractivity contribution is -0.123. The van der Waals surface area contributed by atoms with Gasteiger partial charge in [0.15, 0.2) is 0 Å². The first-order chi connectivity index (χ1) is 7.43. The topological polar surface area (TPSA) is 62.2 Å². The number of nitrogens with zero attached hydrogens (tertiary/aromatic N) is 1. The summed E-state index contributed by atoms with van der Waals surface area (Å²) in [5.41, 5.74) is 1.16. The van der Waals surface area contributed by atoms with E-state index in [0.29, 0.717) is 13.0 Å². The third kappa shape index (κ3) is 3.90. The maximum Gasteiger partial charge on any atom is 0.245 e. The number of aliphatic hydroxyl groups is 1. The lowest BCUT2D eigenvalue weighted by Crippen LogP contribution is -2.28. The number of nitrogens with one attached hydrogen (secondary N) is 1. The Morgan fingerprint density at radius 2 is 2.25 bits per heavy atom. The molecule has 0 aliphatic heterocycles. The van der Waals surface area contributed by atoms with Gasteiger partial charge in [-0.3, -0.25) is 4.79 Å². The van der Waals surface area contributed by atoms with Gasteiger partial charge in [0.25, 0.3) is 0 Å². The molecule has 5 heteroatoms. The first-order valence-electron chi connectivity index (χ1n) is 5.26. The molecular formula is C11H18N2O2S. The van der Waals surface area contributed by atoms with E-state index in [0.717, 1.165) is 10.7 Å². The molecule has 0 radical (unpaired) electrons. The maximum absolute atomic E-state index is 10.8. The van der Waals surface area contributed by atoms with Crippen LogP contribution in [0.5, 0.6) is 0 Å². The molecule has 0 unspecified atom stereocenters. The molecule has 0 saturated carbocycles. The molecule has 1 heterocycles. The number of rotatable bonds is 4. The summed E-state index contributed by atoms with van der Waals surface area (Å²) in [4.78, 5) is 15.3. The van der Waals surface area contributed by atoms with Crippen LogP contribution >= 0.6 is 11.3 Å². The standard InChI is InChI=1S/C11H18N2O2S/c1-11(2,3)8-7-16-10(13-8)4-5-12-9(15)6-14/h7,14H,4-6H2,1-3H3,(H,12,15). The van der Waals surface area contributed by atoms with E-state index < -0.39 is 6.61 Å². The normalized spacial score (nSPS) is 11.5. The van der Waals surface area contributed by atoms with Crippen LogP contribution in [0.2, 0.25) is 0 Å². The smallest absolute Gasteiger partial charge is 0.245 e. The highest BCUT2D eigenvalue weighted by Crippen LogP contribution is 2.23. The monoisotopic (exact) mass is 242 g/mol. The molecule has 1 amide bonds. The summed E-state index contributed by atoms with van der Waals surface area (Å²) in [6.45, 7) is 6.44. The van der Waals surface area contributed by atoms with Crippen molar-refractivity contribution in [1.82, 2.24) is 10.3 Å². The Labute approximate surface area is 99.7 Å². The minimum atomic E-state index is -0.453. The molecule has 1 aromatic heterocycles. The maximum atomic E-state index is 10.8. The molecule has 0 aliphatic carbocycles. The van der Waals surface area contributed by atoms with E-state index in [-0.39, 0.29) is 11.3 Å². The number of carbonyl (C=O) groups is 1. The van der Waals surface area contributed by atoms with Gasteiger partial charge in [-0.1, -0.05) is 20.8 Å². The predicted molar refractivity (Wildman–Crippen MR) is 64.6 cm³/mol. The van der Waals surface area contributed by atoms with Crippen LogP contribution in [0.3, 0.4) is 0 Å². The molecule has 16 heavy (non-hydrogen) atoms. The summed E-state index contributed by atoms with van der Waals surface area (Å²) in [6, 6.07) is 0. The zero-order valence-corrected chi connectivity index (χ0v) is 10.7. The number of amides is 1. The van der Waals surface area contributed by atoms with Crippen LogP contribution in [-0.4, -0.2) is 29.1 Å². The summed E-state index contributed by atoms with van der Waals surface area (Å²) in [5.74, 6) is -0.340. The van der Waals surface area contributed by atoms with E-state index >= 15 is 0 Å². The van der Waals surface area contributed by atoms with Crippen molar-refractivity contribution in [2.24, 2.45) is 0 Å². The van der Waals surface area contributed by atoms with Crippen LogP contribution < -0.4 is 5.32 Å². The first-order valence-corrected chi connectivity index (χ1v) is 6.14. The Kier molecular flexibility index (Phi) is 4.44. The van der Waals surface area contributed by atoms with Crippen molar-refractivity contribution >= 4 is 17.2 Å². The SMILES string of the molecule is CC(C)(C)c1csc(CCNC(=O)CO)n1. The van der Waals surface area contributed by atoms with Crippen molar-refractivity contribution in [1.29, 1.82) is 0 Å². The largest absolute Gasteiger partial charge is 0.387 e. The lowest BCUT2D eigenvalue weighted by Gasteiger charge is -2.14. The van der Waals surface area contributed by atoms with Crippen molar-refractivity contribution in [2.75, 3.05) is 13.2 Å². The number of hydrogen-bond acceptors (Lipinski definition) is 4. The number of aliphatic hydroxyl groups excluding tert-OH is 1. The molecule has 0 fully saturated rings. The van der Waals surface area contributed by atoms with Gasteiger partial charge in [-0.15, -0.1) is 11.3 Å². The van der Waals surface area contributed by atoms with Gasteiger partial charge in [-0.25, -0.2) is 4.98 Å². The van der Waals surface area contributed by atoms with Gasteiger partial charge < -0.3 is 10.4 Å². The van der Waals surface area contributed by atoms with Crippen LogP contribution in [0.1, 0.15) is 31.5 Å². The van der Waals surface area contributed by atoms with E-state index in [9.17, 15) is 4.79 Å². The fourth-order valence-corrected chi connectivity index (χ4v) is 2.16. The van der Waals surface area contributed by atoms with Crippen LogP contribution in [0, 0.1) is 0 Å². The van der Waals surface area contributed by atoms with Gasteiger partial charge >= 0.3 is 0 Å². The number of carbonyl (C=O) groups excluding carboxylic acids is 1. The Morgan fingerprint density at radius 3 is 2.75 bits per heavy atom. The molecule has 0 bridgehead atoms. The lowest BCUT2D eigenvalue weighted by atomic mass is 9.93. The Hall–Kier alpha value is -0.940. The Morgan fingerprint density at radius 1 is 1.56 bits per heavy atom. The quantitative estimate of drug-likeness (QED) is 0.831. The summed E-state index contributed by atoms with van der Waals surface area (Å²) < 4.78 is 0. The molecule has 90 valence electrons. The third-order valence-electron chi connectivity index (χ3n) is 2.12. The molecular weight excluding hydrogens is 224 g/mol. The first kappa shape index (κ1) is 13.1. The van der Waals surface area contributed by atoms with Gasteiger partial charge in [-0.2, -0.15) is 0 Å². The average Bonchev–Trinajstić information content (AvgIpc) is 2.65. The van der Waals surface area contributed by atoms with Crippen LogP contribution in [0.15, 0.2) is 5.38 Å². The van der Waals surface area contributed by atoms with Gasteiger partial charge in [0, 0.05) is 23.8 Å². The molecule has 0 spiro atoms. The number of hydrogen-bond donors (Lipinski definition) is 2. The molecule has 4 nitrogen and oxygen atoms in total. The van der Waals surface area contributed by atoms with Crippen molar-refractivity contribution in [2.45, 2.75) is 32.6 Å². The van der Waals surface area contributed by atoms with Crippen molar-refractivity contribution in [3.8, 4) is 0 Å². The second-order valence-corrected chi connectivity index (χ2v) is 5.58. The molecule has 1 aromatic rings. The molecule has 1 rings (SSSR count). The minimum absolute atomic E-state index is 0.0725. The zero-order chi connectivity index (χ0) is 12.2. The van der Waals surface area contributed by atoms with E-state index in [1.165, 1.54) is 0 Å². The van der Waals surface area contributed by atoms with Gasteiger partial charge in [0.2, 0.25) is 5.91 Å². The van der Waals surface area contributed by atoms with Crippen LogP contribution in [0.25, 0.3) is 0 Å². The highest BCUT2D eigenvalue weighted by atomic mass is 32.1. The summed E-state index contributed by atoms with van der Waals surface area (Å²) in [6.07, 6.45) is 0.715. The second kappa shape index (κ2) is 5.41. The fraction of sp³-hybridized carbons (Fsp3) is 0.636. The summed E-state index contributed by atoms with van der Waals surface area (Å²) in [5, 5.41) is 14.2. The van der Waals surface area contributed by atoms with E-state index in [1.807, 2.05) is 0 Å². The highest BCUT2D eigenvalue weighted by Gasteiger charge is 2.17. The van der Waals surface area contributed by atoms with Gasteiger partial charge in [-0.05, 0) is 0 Å². The molecule has 0 atom stereocenters. The van der Waals surface area contributed by atoms with E-state index in [1.54, 1.807) is 11.3 Å². The zero-order valence-electron chi connectivity index (χ0n) is 9.91. The summed E-state index contributed by atoms with van der Waals surface area (Å²) in [7, 11) is 0. The fourth-order valence-electron chi connectivity index (χ4n) is 1.13. The van der Waals surface area contributed by atoms with Crippen LogP contribution in [-0.2, 0) is 16.6 Å². The average molecular weight is 242 g/mol. The van der Waals surface area contributed by atoms with Crippen molar-refractivity contribution < 1.29 is 9.90 Å². The predicted octanol–water partition coefficient (Wildman–Crippen LogP) is 1.09. The molecule has 0 aliphatic rings. The van der Waals surface area contributed by atoms with Crippen LogP contribution in [0.4, 0.5) is 0 Å². The second-order valence-electron chi connectivity index (χ2n) is 4.63. The Bertz CT molecular complexity index is 355. The molecule has 2 N–H and O–H groups in total. The number of thiazole rings is 1. The Balaban J connectivity index is 2.44. The minimum Gasteiger partial charge on any atom is -0.387 e. The highest BCUT2D eigenvalue weighted by molar-refractivity contribution is 7.09. The van der Waals surface area contributed by atoms with Crippen molar-refractivity contribution in [3.05, 3.63) is 16.1 Å². The molecule has 0 saturated heterocycles.